The van der Waals surface area contributed by atoms with Crippen molar-refractivity contribution in [2.45, 2.75) is 39.2 Å². The summed E-state index contributed by atoms with van der Waals surface area (Å²) in [6, 6.07) is 7.91. The highest BCUT2D eigenvalue weighted by Crippen LogP contribution is 2.28. The number of aromatic nitrogens is 2. The van der Waals surface area contributed by atoms with Gasteiger partial charge in [0.25, 0.3) is 0 Å². The van der Waals surface area contributed by atoms with Crippen LogP contribution in [0.4, 0.5) is 0 Å². The number of nitrogens with zero attached hydrogens (tertiary/aromatic N) is 1. The van der Waals surface area contributed by atoms with Gasteiger partial charge in [-0.1, -0.05) is 31.5 Å². The maximum atomic E-state index is 12.1. The van der Waals surface area contributed by atoms with Crippen molar-refractivity contribution >= 4 is 28.2 Å². The van der Waals surface area contributed by atoms with Crippen molar-refractivity contribution in [1.82, 2.24) is 9.97 Å². The van der Waals surface area contributed by atoms with Gasteiger partial charge in [-0.25, -0.2) is 9.78 Å². The predicted octanol–water partition coefficient (Wildman–Crippen LogP) is 4.00. The normalized spacial score (nSPS) is 12.4. The zero-order valence-electron chi connectivity index (χ0n) is 14.5. The van der Waals surface area contributed by atoms with Crippen molar-refractivity contribution in [3.05, 3.63) is 51.6 Å². The number of ether oxygens (including phenoxy) is 1. The summed E-state index contributed by atoms with van der Waals surface area (Å²) in [7, 11) is 0. The zero-order valence-corrected chi connectivity index (χ0v) is 15.4. The summed E-state index contributed by atoms with van der Waals surface area (Å²) in [4.78, 5) is 20.9. The van der Waals surface area contributed by atoms with E-state index in [0.29, 0.717) is 18.7 Å². The second-order valence-corrected chi connectivity index (χ2v) is 7.08. The molecule has 0 saturated carbocycles. The Morgan fingerprint density at radius 2 is 2.16 bits per heavy atom. The minimum Gasteiger partial charge on any atom is -0.461 e. The van der Waals surface area contributed by atoms with Gasteiger partial charge in [0.2, 0.25) is 0 Å². The van der Waals surface area contributed by atoms with E-state index in [2.05, 4.69) is 23.0 Å². The molecule has 0 fully saturated rings. The minimum absolute atomic E-state index is 0.247. The summed E-state index contributed by atoms with van der Waals surface area (Å²) in [6.45, 7) is 4.23. The molecule has 0 aliphatic carbocycles. The molecule has 2 aromatic heterocycles. The van der Waals surface area contributed by atoms with Crippen LogP contribution in [0.5, 0.6) is 0 Å². The topological polar surface area (TPSA) is 81.0 Å². The molecule has 1 aromatic carbocycles. The monoisotopic (exact) mass is 357 g/mol. The number of nitrogens with two attached hydrogens (primary N) is 1. The lowest BCUT2D eigenvalue weighted by Gasteiger charge is -2.07. The summed E-state index contributed by atoms with van der Waals surface area (Å²) in [5.41, 5.74) is 9.10. The van der Waals surface area contributed by atoms with Gasteiger partial charge in [0.05, 0.1) is 12.6 Å². The third kappa shape index (κ3) is 3.75. The van der Waals surface area contributed by atoms with E-state index < -0.39 is 0 Å². The summed E-state index contributed by atoms with van der Waals surface area (Å²) in [5, 5.41) is 1.96. The highest BCUT2D eigenvalue weighted by Gasteiger charge is 2.22. The summed E-state index contributed by atoms with van der Waals surface area (Å²) in [5.74, 6) is -0.354. The molecule has 0 aliphatic rings. The Hall–Kier alpha value is -2.18. The van der Waals surface area contributed by atoms with Crippen molar-refractivity contribution in [1.29, 1.82) is 0 Å². The Morgan fingerprint density at radius 3 is 2.92 bits per heavy atom. The van der Waals surface area contributed by atoms with Crippen molar-refractivity contribution in [3.8, 4) is 0 Å². The van der Waals surface area contributed by atoms with Gasteiger partial charge in [-0.15, -0.1) is 11.3 Å². The average Bonchev–Trinajstić information content (AvgIpc) is 3.20. The van der Waals surface area contributed by atoms with Gasteiger partial charge in [0.15, 0.2) is 5.69 Å². The predicted molar refractivity (Wildman–Crippen MR) is 101 cm³/mol. The van der Waals surface area contributed by atoms with Crippen molar-refractivity contribution in [2.75, 3.05) is 6.61 Å². The van der Waals surface area contributed by atoms with Gasteiger partial charge in [-0.3, -0.25) is 0 Å². The fourth-order valence-electron chi connectivity index (χ4n) is 2.91. The fraction of sp³-hybridized carbons (Fsp3) is 0.368. The Kier molecular flexibility index (Phi) is 5.50. The van der Waals surface area contributed by atoms with E-state index in [1.807, 2.05) is 24.4 Å². The molecule has 3 aromatic rings. The first-order valence-corrected chi connectivity index (χ1v) is 9.43. The number of rotatable bonds is 7. The molecular weight excluding hydrogens is 334 g/mol. The molecule has 3 N–H and O–H groups in total. The molecule has 0 aliphatic heterocycles. The van der Waals surface area contributed by atoms with Gasteiger partial charge < -0.3 is 15.5 Å². The Morgan fingerprint density at radius 1 is 1.36 bits per heavy atom. The molecule has 25 heavy (non-hydrogen) atoms. The largest absolute Gasteiger partial charge is 0.461 e. The van der Waals surface area contributed by atoms with Crippen LogP contribution in [0, 0.1) is 0 Å². The van der Waals surface area contributed by atoms with Crippen LogP contribution in [-0.4, -0.2) is 22.5 Å². The molecule has 0 saturated heterocycles. The number of hydrogen-bond acceptors (Lipinski definition) is 5. The number of para-hydroxylation sites is 1. The van der Waals surface area contributed by atoms with Gasteiger partial charge in [0, 0.05) is 22.0 Å². The van der Waals surface area contributed by atoms with E-state index in [0.717, 1.165) is 33.8 Å². The van der Waals surface area contributed by atoms with E-state index >= 15 is 0 Å². The third-order valence-electron chi connectivity index (χ3n) is 4.09. The van der Waals surface area contributed by atoms with E-state index in [-0.39, 0.29) is 12.0 Å². The zero-order chi connectivity index (χ0) is 17.8. The van der Waals surface area contributed by atoms with Crippen LogP contribution in [-0.2, 0) is 17.6 Å². The molecule has 3 rings (SSSR count). The molecule has 1 atom stereocenters. The quantitative estimate of drug-likeness (QED) is 0.626. The number of thiazole rings is 1. The van der Waals surface area contributed by atoms with Crippen LogP contribution in [0.2, 0.25) is 0 Å². The summed E-state index contributed by atoms with van der Waals surface area (Å²) in [6.07, 6.45) is 4.43. The Bertz CT molecular complexity index is 869. The standard InChI is InChI=1S/C19H23N3O2S/c1-3-7-16-17(19(23)24-4-2)22-18(25-16)14(20)10-12-11-21-15-9-6-5-8-13(12)15/h5-6,8-9,11,14,21H,3-4,7,10,20H2,1-2H3/t14-/m1/s1. The Labute approximate surface area is 151 Å². The van der Waals surface area contributed by atoms with Crippen molar-refractivity contribution in [2.24, 2.45) is 5.73 Å². The number of carbonyl (C=O) groups excluding carboxylic acids is 1. The van der Waals surface area contributed by atoms with Crippen LogP contribution in [0.15, 0.2) is 30.5 Å². The maximum absolute atomic E-state index is 12.1. The van der Waals surface area contributed by atoms with Gasteiger partial charge >= 0.3 is 5.97 Å². The van der Waals surface area contributed by atoms with Crippen LogP contribution >= 0.6 is 11.3 Å². The maximum Gasteiger partial charge on any atom is 0.358 e. The molecule has 0 bridgehead atoms. The number of hydrogen-bond donors (Lipinski definition) is 2. The number of benzene rings is 1. The van der Waals surface area contributed by atoms with Gasteiger partial charge in [-0.2, -0.15) is 0 Å². The molecule has 0 unspecified atom stereocenters. The number of esters is 1. The van der Waals surface area contributed by atoms with E-state index in [1.165, 1.54) is 16.7 Å². The van der Waals surface area contributed by atoms with Gasteiger partial charge in [-0.05, 0) is 31.4 Å². The van der Waals surface area contributed by atoms with Crippen LogP contribution in [0.1, 0.15) is 52.2 Å². The lowest BCUT2D eigenvalue weighted by molar-refractivity contribution is 0.0519. The van der Waals surface area contributed by atoms with Crippen LogP contribution in [0.3, 0.4) is 0 Å². The number of fused-ring (bicyclic) bond motifs is 1. The number of aromatic amines is 1. The third-order valence-corrected chi connectivity index (χ3v) is 5.34. The molecule has 6 heteroatoms. The highest BCUT2D eigenvalue weighted by atomic mass is 32.1. The molecule has 2 heterocycles. The lowest BCUT2D eigenvalue weighted by atomic mass is 10.1. The number of carbonyl (C=O) groups is 1. The lowest BCUT2D eigenvalue weighted by Crippen LogP contribution is -2.14. The molecule has 0 spiro atoms. The number of H-pyrrole nitrogens is 1. The minimum atomic E-state index is -0.354. The first-order valence-electron chi connectivity index (χ1n) is 8.61. The molecular formula is C19H23N3O2S. The second kappa shape index (κ2) is 7.80. The first kappa shape index (κ1) is 17.6. The SMILES string of the molecule is CCCc1sc([C@H](N)Cc2c[nH]c3ccccc23)nc1C(=O)OCC. The van der Waals surface area contributed by atoms with Crippen molar-refractivity contribution < 1.29 is 9.53 Å². The molecule has 132 valence electrons. The number of nitrogens with one attached hydrogen (secondary N) is 1. The first-order chi connectivity index (χ1) is 12.1. The smallest absolute Gasteiger partial charge is 0.358 e. The van der Waals surface area contributed by atoms with E-state index in [1.54, 1.807) is 6.92 Å². The summed E-state index contributed by atoms with van der Waals surface area (Å²) >= 11 is 1.53. The highest BCUT2D eigenvalue weighted by molar-refractivity contribution is 7.12. The Balaban J connectivity index is 1.85. The summed E-state index contributed by atoms with van der Waals surface area (Å²) < 4.78 is 5.13. The number of aryl methyl sites for hydroxylation is 1. The van der Waals surface area contributed by atoms with Crippen LogP contribution in [0.25, 0.3) is 10.9 Å². The average molecular weight is 357 g/mol. The second-order valence-electron chi connectivity index (χ2n) is 5.96. The molecule has 0 radical (unpaired) electrons. The molecule has 5 nitrogen and oxygen atoms in total. The van der Waals surface area contributed by atoms with Crippen LogP contribution < -0.4 is 5.73 Å². The van der Waals surface area contributed by atoms with Crippen molar-refractivity contribution in [3.63, 3.8) is 0 Å². The van der Waals surface area contributed by atoms with E-state index in [9.17, 15) is 4.79 Å². The van der Waals surface area contributed by atoms with Gasteiger partial charge in [0.1, 0.15) is 5.01 Å². The van der Waals surface area contributed by atoms with E-state index in [4.69, 9.17) is 10.5 Å². The fourth-order valence-corrected chi connectivity index (χ4v) is 4.06. The molecule has 0 amide bonds.